The van der Waals surface area contributed by atoms with Crippen LogP contribution in [-0.4, -0.2) is 29.1 Å². The molecule has 0 spiro atoms. The highest BCUT2D eigenvalue weighted by Crippen LogP contribution is 2.29. The molecule has 0 radical (unpaired) electrons. The van der Waals surface area contributed by atoms with Gasteiger partial charge >= 0.3 is 11.9 Å². The number of nitrogens with one attached hydrogen (secondary N) is 1. The Balaban J connectivity index is 1.27. The molecule has 0 aromatic heterocycles. The zero-order valence-corrected chi connectivity index (χ0v) is 27.2. The predicted octanol–water partition coefficient (Wildman–Crippen LogP) is 7.70. The summed E-state index contributed by atoms with van der Waals surface area (Å²) in [5.41, 5.74) is 2.83. The average Bonchev–Trinajstić information content (AvgIpc) is 3.09. The second kappa shape index (κ2) is 15.9. The Bertz CT molecular complexity index is 1660. The third-order valence-corrected chi connectivity index (χ3v) is 7.21. The molecule has 5 rings (SSSR count). The number of hydrogen-bond acceptors (Lipinski definition) is 8. The SMILES string of the molecule is CC(C)(C)NCC(O)c1cc(OC(=O)c2ccc(OCc3ccccc3)cc2)cc(OC(=O)c2ccc(OCc3ccccc3)cc2)c1. The van der Waals surface area contributed by atoms with Gasteiger partial charge in [0.2, 0.25) is 0 Å². The maximum atomic E-state index is 13.1. The van der Waals surface area contributed by atoms with Crippen molar-refractivity contribution >= 4 is 11.9 Å². The zero-order chi connectivity index (χ0) is 33.9. The van der Waals surface area contributed by atoms with E-state index in [0.29, 0.717) is 41.4 Å². The van der Waals surface area contributed by atoms with Crippen molar-refractivity contribution in [2.75, 3.05) is 6.54 Å². The Morgan fingerprint density at radius 3 is 1.42 bits per heavy atom. The third kappa shape index (κ3) is 10.3. The van der Waals surface area contributed by atoms with Crippen LogP contribution in [0.15, 0.2) is 127 Å². The number of ether oxygens (including phenoxy) is 4. The van der Waals surface area contributed by atoms with Gasteiger partial charge < -0.3 is 29.4 Å². The molecule has 0 fully saturated rings. The van der Waals surface area contributed by atoms with Crippen LogP contribution in [0.4, 0.5) is 0 Å². The molecule has 1 atom stereocenters. The smallest absolute Gasteiger partial charge is 0.343 e. The van der Waals surface area contributed by atoms with Crippen LogP contribution in [-0.2, 0) is 13.2 Å². The molecule has 2 N–H and O–H groups in total. The molecule has 8 nitrogen and oxygen atoms in total. The summed E-state index contributed by atoms with van der Waals surface area (Å²) in [5.74, 6) is 0.210. The van der Waals surface area contributed by atoms with Crippen molar-refractivity contribution in [2.45, 2.75) is 45.6 Å². The lowest BCUT2D eigenvalue weighted by atomic mass is 10.1. The molecule has 0 saturated heterocycles. The first kappa shape index (κ1) is 33.9. The van der Waals surface area contributed by atoms with E-state index in [0.717, 1.165) is 11.1 Å². The third-order valence-electron chi connectivity index (χ3n) is 7.21. The van der Waals surface area contributed by atoms with Gasteiger partial charge in [-0.15, -0.1) is 0 Å². The Kier molecular flexibility index (Phi) is 11.2. The molecule has 8 heteroatoms. The first-order valence-electron chi connectivity index (χ1n) is 15.7. The number of benzene rings is 5. The molecule has 0 bridgehead atoms. The minimum absolute atomic E-state index is 0.115. The molecule has 0 amide bonds. The lowest BCUT2D eigenvalue weighted by molar-refractivity contribution is 0.0731. The van der Waals surface area contributed by atoms with Crippen molar-refractivity contribution in [3.63, 3.8) is 0 Å². The van der Waals surface area contributed by atoms with Gasteiger partial charge in [0, 0.05) is 18.2 Å². The van der Waals surface area contributed by atoms with E-state index in [1.807, 2.05) is 81.4 Å². The standard InChI is InChI=1S/C40H39NO7/c1-40(2,3)41-25-37(42)32-22-35(47-38(43)30-14-18-33(19-15-30)45-26-28-10-6-4-7-11-28)24-36(23-32)48-39(44)31-16-20-34(21-17-31)46-27-29-12-8-5-9-13-29/h4-24,37,41-42H,25-27H2,1-3H3. The van der Waals surface area contributed by atoms with E-state index >= 15 is 0 Å². The van der Waals surface area contributed by atoms with E-state index in [4.69, 9.17) is 18.9 Å². The number of aliphatic hydroxyl groups is 1. The van der Waals surface area contributed by atoms with E-state index in [2.05, 4.69) is 5.32 Å². The van der Waals surface area contributed by atoms with Crippen molar-refractivity contribution < 1.29 is 33.6 Å². The number of β-amino-alcohol motifs (C(OH)–C–C–N with tert-alkyl or cyclic N) is 1. The molecule has 0 aliphatic carbocycles. The summed E-state index contributed by atoms with van der Waals surface area (Å²) in [6.45, 7) is 6.99. The quantitative estimate of drug-likeness (QED) is 0.0992. The number of esters is 2. The lowest BCUT2D eigenvalue weighted by Crippen LogP contribution is -2.38. The second-order valence-corrected chi connectivity index (χ2v) is 12.3. The van der Waals surface area contributed by atoms with Crippen LogP contribution in [0.2, 0.25) is 0 Å². The summed E-state index contributed by atoms with van der Waals surface area (Å²) in [7, 11) is 0. The summed E-state index contributed by atoms with van der Waals surface area (Å²) in [6.07, 6.45) is -0.970. The molecular formula is C40H39NO7. The van der Waals surface area contributed by atoms with Crippen LogP contribution in [0.3, 0.4) is 0 Å². The van der Waals surface area contributed by atoms with E-state index in [9.17, 15) is 14.7 Å². The summed E-state index contributed by atoms with van der Waals surface area (Å²) in [6, 6.07) is 37.4. The molecule has 0 heterocycles. The summed E-state index contributed by atoms with van der Waals surface area (Å²) < 4.78 is 23.0. The van der Waals surface area contributed by atoms with Gasteiger partial charge in [-0.3, -0.25) is 0 Å². The monoisotopic (exact) mass is 645 g/mol. The van der Waals surface area contributed by atoms with Crippen LogP contribution in [0.5, 0.6) is 23.0 Å². The number of carbonyl (C=O) groups is 2. The second-order valence-electron chi connectivity index (χ2n) is 12.3. The van der Waals surface area contributed by atoms with Crippen LogP contribution < -0.4 is 24.3 Å². The predicted molar refractivity (Wildman–Crippen MR) is 184 cm³/mol. The Morgan fingerprint density at radius 1 is 0.604 bits per heavy atom. The van der Waals surface area contributed by atoms with Gasteiger partial charge in [0.1, 0.15) is 36.2 Å². The molecule has 1 unspecified atom stereocenters. The summed E-state index contributed by atoms with van der Waals surface area (Å²) in [4.78, 5) is 26.2. The summed E-state index contributed by atoms with van der Waals surface area (Å²) >= 11 is 0. The largest absolute Gasteiger partial charge is 0.489 e. The van der Waals surface area contributed by atoms with E-state index < -0.39 is 18.0 Å². The normalized spacial score (nSPS) is 11.8. The number of rotatable bonds is 13. The van der Waals surface area contributed by atoms with Gasteiger partial charge in [-0.2, -0.15) is 0 Å². The van der Waals surface area contributed by atoms with Crippen LogP contribution >= 0.6 is 0 Å². The number of hydrogen-bond donors (Lipinski definition) is 2. The van der Waals surface area contributed by atoms with Crippen molar-refractivity contribution in [1.29, 1.82) is 0 Å². The maximum Gasteiger partial charge on any atom is 0.343 e. The zero-order valence-electron chi connectivity index (χ0n) is 27.2. The topological polar surface area (TPSA) is 103 Å². The molecule has 48 heavy (non-hydrogen) atoms. The fourth-order valence-corrected chi connectivity index (χ4v) is 4.61. The highest BCUT2D eigenvalue weighted by Gasteiger charge is 2.19. The van der Waals surface area contributed by atoms with Crippen molar-refractivity contribution in [3.8, 4) is 23.0 Å². The Hall–Kier alpha value is -5.44. The molecule has 0 saturated carbocycles. The van der Waals surface area contributed by atoms with Crippen molar-refractivity contribution in [2.24, 2.45) is 0 Å². The van der Waals surface area contributed by atoms with Gasteiger partial charge in [-0.1, -0.05) is 60.7 Å². The van der Waals surface area contributed by atoms with Crippen LogP contribution in [0.1, 0.15) is 64.3 Å². The Morgan fingerprint density at radius 2 is 1.02 bits per heavy atom. The molecule has 0 aliphatic rings. The summed E-state index contributed by atoms with van der Waals surface area (Å²) in [5, 5.41) is 14.2. The fourth-order valence-electron chi connectivity index (χ4n) is 4.61. The maximum absolute atomic E-state index is 13.1. The van der Waals surface area contributed by atoms with E-state index in [-0.39, 0.29) is 23.6 Å². The molecule has 0 aliphatic heterocycles. The first-order chi connectivity index (χ1) is 23.1. The molecule has 5 aromatic carbocycles. The van der Waals surface area contributed by atoms with Gasteiger partial charge in [-0.25, -0.2) is 9.59 Å². The highest BCUT2D eigenvalue weighted by molar-refractivity contribution is 5.92. The van der Waals surface area contributed by atoms with Crippen LogP contribution in [0, 0.1) is 0 Å². The fraction of sp³-hybridized carbons (Fsp3) is 0.200. The van der Waals surface area contributed by atoms with Crippen LogP contribution in [0.25, 0.3) is 0 Å². The minimum atomic E-state index is -0.970. The van der Waals surface area contributed by atoms with Gasteiger partial charge in [0.15, 0.2) is 0 Å². The molecular weight excluding hydrogens is 606 g/mol. The Labute approximate surface area is 280 Å². The van der Waals surface area contributed by atoms with Crippen molar-refractivity contribution in [1.82, 2.24) is 5.32 Å². The molecule has 246 valence electrons. The van der Waals surface area contributed by atoms with E-state index in [1.165, 1.54) is 6.07 Å². The number of carbonyl (C=O) groups excluding carboxylic acids is 2. The first-order valence-corrected chi connectivity index (χ1v) is 15.7. The molecule has 5 aromatic rings. The van der Waals surface area contributed by atoms with Gasteiger partial charge in [-0.05, 0) is 98.1 Å². The highest BCUT2D eigenvalue weighted by atomic mass is 16.5. The number of aliphatic hydroxyl groups excluding tert-OH is 1. The van der Waals surface area contributed by atoms with Gasteiger partial charge in [0.05, 0.1) is 17.2 Å². The minimum Gasteiger partial charge on any atom is -0.489 e. The lowest BCUT2D eigenvalue weighted by Gasteiger charge is -2.23. The van der Waals surface area contributed by atoms with Crippen molar-refractivity contribution in [3.05, 3.63) is 155 Å². The van der Waals surface area contributed by atoms with Gasteiger partial charge in [0.25, 0.3) is 0 Å². The average molecular weight is 646 g/mol. The van der Waals surface area contributed by atoms with E-state index in [1.54, 1.807) is 60.7 Å².